The zero-order valence-corrected chi connectivity index (χ0v) is 8.04. The Kier molecular flexibility index (Phi) is 2.92. The van der Waals surface area contributed by atoms with Crippen LogP contribution in [0.4, 0.5) is 0 Å². The Hall–Kier alpha value is -1.04. The average Bonchev–Trinajstić information content (AvgIpc) is 2.09. The van der Waals surface area contributed by atoms with Gasteiger partial charge in [-0.3, -0.25) is 0 Å². The number of halogens is 1. The minimum Gasteiger partial charge on any atom is -0.375 e. The van der Waals surface area contributed by atoms with E-state index in [4.69, 9.17) is 16.9 Å². The summed E-state index contributed by atoms with van der Waals surface area (Å²) in [6.45, 7) is 1.49. The summed E-state index contributed by atoms with van der Waals surface area (Å²) in [5, 5.41) is 18.7. The molecule has 0 saturated carbocycles. The van der Waals surface area contributed by atoms with Crippen molar-refractivity contribution < 1.29 is 5.11 Å². The molecule has 0 aliphatic heterocycles. The van der Waals surface area contributed by atoms with E-state index >= 15 is 0 Å². The molecule has 1 aromatic carbocycles. The number of nitriles is 1. The molecule has 0 heterocycles. The van der Waals surface area contributed by atoms with E-state index in [2.05, 4.69) is 0 Å². The minimum atomic E-state index is -1.30. The maximum absolute atomic E-state index is 9.45. The Labute approximate surface area is 82.4 Å². The lowest BCUT2D eigenvalue weighted by atomic mass is 9.98. The molecule has 1 atom stereocenters. The van der Waals surface area contributed by atoms with Crippen molar-refractivity contribution in [1.29, 1.82) is 5.26 Å². The Bertz CT molecular complexity index is 324. The van der Waals surface area contributed by atoms with Crippen molar-refractivity contribution in [1.82, 2.24) is 0 Å². The van der Waals surface area contributed by atoms with E-state index in [-0.39, 0.29) is 0 Å². The normalized spacial score (nSPS) is 14.6. The summed E-state index contributed by atoms with van der Waals surface area (Å²) >= 11 is 5.69. The fraction of sp³-hybridized carbons (Fsp3) is 0.300. The summed E-state index contributed by atoms with van der Waals surface area (Å²) in [7, 11) is 0. The molecule has 0 spiro atoms. The van der Waals surface area contributed by atoms with Crippen molar-refractivity contribution >= 4 is 11.6 Å². The Morgan fingerprint density at radius 3 is 2.46 bits per heavy atom. The number of hydrogen-bond acceptors (Lipinski definition) is 2. The second-order valence-electron chi connectivity index (χ2n) is 3.19. The SMILES string of the molecule is CC(O)(C#N)Cc1ccc(Cl)cc1. The standard InChI is InChI=1S/C10H10ClNO/c1-10(13,7-12)6-8-2-4-9(11)5-3-8/h2-5,13H,6H2,1H3. The molecule has 2 nitrogen and oxygen atoms in total. The van der Waals surface area contributed by atoms with Gasteiger partial charge in [-0.05, 0) is 24.6 Å². The molecule has 0 fully saturated rings. The minimum absolute atomic E-state index is 0.320. The lowest BCUT2D eigenvalue weighted by molar-refractivity contribution is 0.120. The first-order valence-electron chi connectivity index (χ1n) is 3.91. The van der Waals surface area contributed by atoms with Gasteiger partial charge in [-0.25, -0.2) is 0 Å². The lowest BCUT2D eigenvalue weighted by Crippen LogP contribution is -2.24. The first-order chi connectivity index (χ1) is 6.03. The molecule has 0 amide bonds. The highest BCUT2D eigenvalue weighted by molar-refractivity contribution is 6.30. The van der Waals surface area contributed by atoms with E-state index in [1.165, 1.54) is 6.92 Å². The van der Waals surface area contributed by atoms with Gasteiger partial charge in [0.25, 0.3) is 0 Å². The van der Waals surface area contributed by atoms with Crippen molar-refractivity contribution in [2.24, 2.45) is 0 Å². The topological polar surface area (TPSA) is 44.0 Å². The molecular formula is C10H10ClNO. The van der Waals surface area contributed by atoms with Crippen LogP contribution in [0.5, 0.6) is 0 Å². The fourth-order valence-electron chi connectivity index (χ4n) is 1.04. The summed E-state index contributed by atoms with van der Waals surface area (Å²) in [5.41, 5.74) is -0.399. The van der Waals surface area contributed by atoms with Crippen molar-refractivity contribution in [2.75, 3.05) is 0 Å². The Morgan fingerprint density at radius 1 is 1.46 bits per heavy atom. The van der Waals surface area contributed by atoms with Gasteiger partial charge in [0, 0.05) is 11.4 Å². The van der Waals surface area contributed by atoms with Gasteiger partial charge >= 0.3 is 0 Å². The summed E-state index contributed by atoms with van der Waals surface area (Å²) in [5.74, 6) is 0. The lowest BCUT2D eigenvalue weighted by Gasteiger charge is -2.13. The van der Waals surface area contributed by atoms with Crippen LogP contribution >= 0.6 is 11.6 Å². The van der Waals surface area contributed by atoms with Gasteiger partial charge < -0.3 is 5.11 Å². The van der Waals surface area contributed by atoms with Crippen LogP contribution in [0, 0.1) is 11.3 Å². The summed E-state index contributed by atoms with van der Waals surface area (Å²) in [4.78, 5) is 0. The van der Waals surface area contributed by atoms with Crippen molar-refractivity contribution in [3.05, 3.63) is 34.9 Å². The summed E-state index contributed by atoms with van der Waals surface area (Å²) in [6.07, 6.45) is 0.320. The third-order valence-electron chi connectivity index (χ3n) is 1.70. The van der Waals surface area contributed by atoms with Crippen LogP contribution < -0.4 is 0 Å². The van der Waals surface area contributed by atoms with Crippen LogP contribution in [0.15, 0.2) is 24.3 Å². The molecule has 1 aromatic rings. The summed E-state index contributed by atoms with van der Waals surface area (Å²) < 4.78 is 0. The van der Waals surface area contributed by atoms with Gasteiger partial charge in [0.1, 0.15) is 0 Å². The smallest absolute Gasteiger partial charge is 0.152 e. The number of benzene rings is 1. The molecule has 3 heteroatoms. The zero-order chi connectivity index (χ0) is 9.90. The molecule has 0 aliphatic rings. The van der Waals surface area contributed by atoms with Gasteiger partial charge in [0.15, 0.2) is 5.60 Å². The third-order valence-corrected chi connectivity index (χ3v) is 1.95. The van der Waals surface area contributed by atoms with E-state index in [9.17, 15) is 5.11 Å². The number of nitrogens with zero attached hydrogens (tertiary/aromatic N) is 1. The van der Waals surface area contributed by atoms with E-state index in [0.29, 0.717) is 11.4 Å². The van der Waals surface area contributed by atoms with Gasteiger partial charge in [0.05, 0.1) is 6.07 Å². The Balaban J connectivity index is 2.77. The molecule has 0 bridgehead atoms. The van der Waals surface area contributed by atoms with Crippen LogP contribution in [-0.4, -0.2) is 10.7 Å². The highest BCUT2D eigenvalue weighted by Gasteiger charge is 2.19. The number of rotatable bonds is 2. The van der Waals surface area contributed by atoms with Crippen LogP contribution in [0.1, 0.15) is 12.5 Å². The zero-order valence-electron chi connectivity index (χ0n) is 7.29. The molecular weight excluding hydrogens is 186 g/mol. The van der Waals surface area contributed by atoms with Gasteiger partial charge in [0.2, 0.25) is 0 Å². The molecule has 0 aromatic heterocycles. The van der Waals surface area contributed by atoms with E-state index < -0.39 is 5.60 Å². The highest BCUT2D eigenvalue weighted by atomic mass is 35.5. The van der Waals surface area contributed by atoms with Gasteiger partial charge in [-0.15, -0.1) is 0 Å². The van der Waals surface area contributed by atoms with Crippen LogP contribution in [0.2, 0.25) is 5.02 Å². The van der Waals surface area contributed by atoms with Crippen LogP contribution in [-0.2, 0) is 6.42 Å². The average molecular weight is 196 g/mol. The maximum atomic E-state index is 9.45. The van der Waals surface area contributed by atoms with Crippen molar-refractivity contribution in [3.8, 4) is 6.07 Å². The van der Waals surface area contributed by atoms with Crippen LogP contribution in [0.3, 0.4) is 0 Å². The highest BCUT2D eigenvalue weighted by Crippen LogP contribution is 2.15. The Morgan fingerprint density at radius 2 is 2.00 bits per heavy atom. The molecule has 0 radical (unpaired) electrons. The number of hydrogen-bond donors (Lipinski definition) is 1. The second-order valence-corrected chi connectivity index (χ2v) is 3.63. The van der Waals surface area contributed by atoms with Gasteiger partial charge in [-0.2, -0.15) is 5.26 Å². The molecule has 1 N–H and O–H groups in total. The third kappa shape index (κ3) is 3.06. The van der Waals surface area contributed by atoms with Gasteiger partial charge in [-0.1, -0.05) is 23.7 Å². The molecule has 13 heavy (non-hydrogen) atoms. The second kappa shape index (κ2) is 3.78. The molecule has 1 unspecified atom stereocenters. The molecule has 0 saturated heterocycles. The van der Waals surface area contributed by atoms with E-state index in [0.717, 1.165) is 5.56 Å². The quantitative estimate of drug-likeness (QED) is 0.735. The van der Waals surface area contributed by atoms with E-state index in [1.807, 2.05) is 6.07 Å². The van der Waals surface area contributed by atoms with Crippen LogP contribution in [0.25, 0.3) is 0 Å². The maximum Gasteiger partial charge on any atom is 0.152 e. The first-order valence-corrected chi connectivity index (χ1v) is 4.29. The summed E-state index contributed by atoms with van der Waals surface area (Å²) in [6, 6.07) is 8.91. The largest absolute Gasteiger partial charge is 0.375 e. The first kappa shape index (κ1) is 10.0. The number of aliphatic hydroxyl groups is 1. The molecule has 0 aliphatic carbocycles. The predicted molar refractivity (Wildman–Crippen MR) is 51.4 cm³/mol. The molecule has 68 valence electrons. The fourth-order valence-corrected chi connectivity index (χ4v) is 1.17. The van der Waals surface area contributed by atoms with E-state index in [1.54, 1.807) is 24.3 Å². The monoisotopic (exact) mass is 195 g/mol. The molecule has 1 rings (SSSR count). The predicted octanol–water partition coefficient (Wildman–Crippen LogP) is 2.16. The van der Waals surface area contributed by atoms with Crippen molar-refractivity contribution in [3.63, 3.8) is 0 Å². The van der Waals surface area contributed by atoms with Crippen molar-refractivity contribution in [2.45, 2.75) is 18.9 Å².